The van der Waals surface area contributed by atoms with Crippen LogP contribution in [0.1, 0.15) is 46.2 Å². The van der Waals surface area contributed by atoms with Crippen molar-refractivity contribution in [1.29, 1.82) is 0 Å². The van der Waals surface area contributed by atoms with Gasteiger partial charge in [0, 0.05) is 58.3 Å². The Hall–Kier alpha value is -4.45. The van der Waals surface area contributed by atoms with E-state index in [2.05, 4.69) is 28.3 Å². The molecule has 0 spiro atoms. The second kappa shape index (κ2) is 10.0. The average Bonchev–Trinajstić information content (AvgIpc) is 3.50. The van der Waals surface area contributed by atoms with Gasteiger partial charge in [0.05, 0.1) is 6.26 Å². The number of nitrogens with zero attached hydrogens (tertiary/aromatic N) is 1. The zero-order valence-corrected chi connectivity index (χ0v) is 20.1. The van der Waals surface area contributed by atoms with Gasteiger partial charge in [-0.3, -0.25) is 9.78 Å². The summed E-state index contributed by atoms with van der Waals surface area (Å²) in [5.74, 6) is 0.371. The van der Waals surface area contributed by atoms with E-state index in [1.807, 2.05) is 43.5 Å². The summed E-state index contributed by atoms with van der Waals surface area (Å²) in [5.41, 5.74) is 7.26. The molecule has 5 nitrogen and oxygen atoms in total. The average molecular weight is 480 g/mol. The Bertz CT molecular complexity index is 1550. The molecular weight excluding hydrogens is 453 g/mol. The molecule has 3 heterocycles. The van der Waals surface area contributed by atoms with E-state index in [-0.39, 0.29) is 11.7 Å². The number of rotatable bonds is 7. The number of benzene rings is 2. The topological polar surface area (TPSA) is 70.9 Å². The van der Waals surface area contributed by atoms with Crippen molar-refractivity contribution in [3.05, 3.63) is 119 Å². The first-order valence-corrected chi connectivity index (χ1v) is 11.9. The van der Waals surface area contributed by atoms with Crippen molar-refractivity contribution in [2.75, 3.05) is 0 Å². The first-order chi connectivity index (χ1) is 17.5. The van der Waals surface area contributed by atoms with E-state index in [0.29, 0.717) is 12.1 Å². The maximum Gasteiger partial charge on any atom is 0.251 e. The molecule has 0 bridgehead atoms. The van der Waals surface area contributed by atoms with Gasteiger partial charge in [-0.05, 0) is 66.4 Å². The molecule has 1 amide bonds. The Morgan fingerprint density at radius 2 is 1.89 bits per heavy atom. The van der Waals surface area contributed by atoms with Gasteiger partial charge in [-0.25, -0.2) is 4.39 Å². The number of nitrogens with one attached hydrogen (secondary N) is 2. The number of fused-ring (bicyclic) bond motifs is 1. The number of H-pyrrole nitrogens is 1. The number of carbonyl (C=O) groups excluding carboxylic acids is 1. The van der Waals surface area contributed by atoms with Crippen molar-refractivity contribution in [2.24, 2.45) is 0 Å². The number of furan rings is 1. The lowest BCUT2D eigenvalue weighted by atomic mass is 9.91. The van der Waals surface area contributed by atoms with Gasteiger partial charge in [0.25, 0.3) is 5.91 Å². The standard InChI is InChI=1S/C30H26FN3O2/c1-3-4-25(29-19(2)36-18-27(29)21-5-8-23(31)9-6-21)26-17-33-28-15-22(7-10-24(26)28)30(35)34-16-20-11-13-32-14-12-20/h4-15,17-18,33H,3,16H2,1-2H3,(H,34,35). The number of hydrogen-bond donors (Lipinski definition) is 2. The van der Waals surface area contributed by atoms with E-state index in [1.54, 1.807) is 30.8 Å². The van der Waals surface area contributed by atoms with Crippen LogP contribution < -0.4 is 5.32 Å². The van der Waals surface area contributed by atoms with Gasteiger partial charge in [0.1, 0.15) is 11.6 Å². The number of allylic oxidation sites excluding steroid dienone is 1. The van der Waals surface area contributed by atoms with Crippen molar-refractivity contribution in [3.63, 3.8) is 0 Å². The van der Waals surface area contributed by atoms with Crippen molar-refractivity contribution < 1.29 is 13.6 Å². The number of amides is 1. The fraction of sp³-hybridized carbons (Fsp3) is 0.133. The summed E-state index contributed by atoms with van der Waals surface area (Å²) in [6.07, 6.45) is 10.1. The SMILES string of the molecule is CCC=C(c1c(-c2ccc(F)cc2)coc1C)c1c[nH]c2cc(C(=O)NCc3ccncc3)ccc12. The lowest BCUT2D eigenvalue weighted by Crippen LogP contribution is -2.22. The summed E-state index contributed by atoms with van der Waals surface area (Å²) in [6, 6.07) is 15.9. The third-order valence-corrected chi connectivity index (χ3v) is 6.24. The highest BCUT2D eigenvalue weighted by Crippen LogP contribution is 2.39. The third kappa shape index (κ3) is 4.58. The molecule has 5 aromatic rings. The number of aromatic nitrogens is 2. The molecule has 3 aromatic heterocycles. The van der Waals surface area contributed by atoms with Crippen molar-refractivity contribution in [3.8, 4) is 11.1 Å². The Labute approximate surface area is 208 Å². The monoisotopic (exact) mass is 479 g/mol. The molecule has 0 saturated carbocycles. The van der Waals surface area contributed by atoms with Crippen LogP contribution in [0.5, 0.6) is 0 Å². The molecule has 0 aliphatic rings. The van der Waals surface area contributed by atoms with E-state index in [4.69, 9.17) is 4.42 Å². The van der Waals surface area contributed by atoms with Gasteiger partial charge < -0.3 is 14.7 Å². The van der Waals surface area contributed by atoms with Gasteiger partial charge in [-0.2, -0.15) is 0 Å². The van der Waals surface area contributed by atoms with Crippen LogP contribution in [-0.4, -0.2) is 15.9 Å². The van der Waals surface area contributed by atoms with Gasteiger partial charge in [0.15, 0.2) is 0 Å². The molecule has 0 radical (unpaired) electrons. The zero-order chi connectivity index (χ0) is 25.1. The maximum absolute atomic E-state index is 13.5. The van der Waals surface area contributed by atoms with Crippen LogP contribution in [0.25, 0.3) is 27.6 Å². The molecule has 0 unspecified atom stereocenters. The normalized spacial score (nSPS) is 11.7. The summed E-state index contributed by atoms with van der Waals surface area (Å²) in [5, 5.41) is 3.96. The van der Waals surface area contributed by atoms with Gasteiger partial charge in [-0.1, -0.05) is 31.2 Å². The lowest BCUT2D eigenvalue weighted by molar-refractivity contribution is 0.0951. The van der Waals surface area contributed by atoms with Crippen LogP contribution in [0, 0.1) is 12.7 Å². The number of aryl methyl sites for hydroxylation is 1. The Kier molecular flexibility index (Phi) is 6.50. The van der Waals surface area contributed by atoms with E-state index in [9.17, 15) is 9.18 Å². The van der Waals surface area contributed by atoms with Crippen LogP contribution in [0.4, 0.5) is 4.39 Å². The highest BCUT2D eigenvalue weighted by molar-refractivity contribution is 6.03. The smallest absolute Gasteiger partial charge is 0.251 e. The second-order valence-electron chi connectivity index (χ2n) is 8.61. The summed E-state index contributed by atoms with van der Waals surface area (Å²) in [4.78, 5) is 20.1. The molecule has 0 aliphatic heterocycles. The molecule has 0 fully saturated rings. The first kappa shape index (κ1) is 23.3. The molecular formula is C30H26FN3O2. The largest absolute Gasteiger partial charge is 0.468 e. The van der Waals surface area contributed by atoms with E-state index < -0.39 is 0 Å². The summed E-state index contributed by atoms with van der Waals surface area (Å²) >= 11 is 0. The van der Waals surface area contributed by atoms with Crippen LogP contribution >= 0.6 is 0 Å². The molecule has 36 heavy (non-hydrogen) atoms. The number of halogens is 1. The van der Waals surface area contributed by atoms with Gasteiger partial charge in [0.2, 0.25) is 0 Å². The first-order valence-electron chi connectivity index (χ1n) is 11.9. The zero-order valence-electron chi connectivity index (χ0n) is 20.1. The van der Waals surface area contributed by atoms with Gasteiger partial charge in [-0.15, -0.1) is 0 Å². The predicted octanol–water partition coefficient (Wildman–Crippen LogP) is 7.04. The molecule has 180 valence electrons. The van der Waals surface area contributed by atoms with Crippen LogP contribution in [0.2, 0.25) is 0 Å². The minimum atomic E-state index is -0.276. The van der Waals surface area contributed by atoms with Crippen molar-refractivity contribution in [2.45, 2.75) is 26.8 Å². The third-order valence-electron chi connectivity index (χ3n) is 6.24. The quantitative estimate of drug-likeness (QED) is 0.263. The molecule has 2 aromatic carbocycles. The predicted molar refractivity (Wildman–Crippen MR) is 140 cm³/mol. The van der Waals surface area contributed by atoms with E-state index in [1.165, 1.54) is 12.1 Å². The molecule has 0 atom stereocenters. The minimum Gasteiger partial charge on any atom is -0.468 e. The van der Waals surface area contributed by atoms with E-state index >= 15 is 0 Å². The van der Waals surface area contributed by atoms with Crippen LogP contribution in [0.3, 0.4) is 0 Å². The minimum absolute atomic E-state index is 0.140. The highest BCUT2D eigenvalue weighted by Gasteiger charge is 2.20. The molecule has 0 aliphatic carbocycles. The Morgan fingerprint density at radius 1 is 1.11 bits per heavy atom. The number of hydrogen-bond acceptors (Lipinski definition) is 3. The molecule has 0 saturated heterocycles. The summed E-state index contributed by atoms with van der Waals surface area (Å²) < 4.78 is 19.4. The van der Waals surface area contributed by atoms with Crippen LogP contribution in [-0.2, 0) is 6.54 Å². The molecule has 5 rings (SSSR count). The van der Waals surface area contributed by atoms with Crippen molar-refractivity contribution in [1.82, 2.24) is 15.3 Å². The van der Waals surface area contributed by atoms with Crippen LogP contribution in [0.15, 0.2) is 89.9 Å². The highest BCUT2D eigenvalue weighted by atomic mass is 19.1. The summed E-state index contributed by atoms with van der Waals surface area (Å²) in [7, 11) is 0. The fourth-order valence-corrected chi connectivity index (χ4v) is 4.46. The number of aromatic amines is 1. The van der Waals surface area contributed by atoms with Gasteiger partial charge >= 0.3 is 0 Å². The van der Waals surface area contributed by atoms with E-state index in [0.717, 1.165) is 56.5 Å². The summed E-state index contributed by atoms with van der Waals surface area (Å²) in [6.45, 7) is 4.46. The fourth-order valence-electron chi connectivity index (χ4n) is 4.46. The number of carbonyl (C=O) groups is 1. The lowest BCUT2D eigenvalue weighted by Gasteiger charge is -2.10. The Morgan fingerprint density at radius 3 is 2.64 bits per heavy atom. The van der Waals surface area contributed by atoms with Crippen molar-refractivity contribution >= 4 is 22.4 Å². The molecule has 6 heteroatoms. The second-order valence-corrected chi connectivity index (χ2v) is 8.61. The Balaban J connectivity index is 1.48. The maximum atomic E-state index is 13.5. The number of pyridine rings is 1. The molecule has 2 N–H and O–H groups in total.